The molecule has 0 aromatic rings. The van der Waals surface area contributed by atoms with Gasteiger partial charge in [0.2, 0.25) is 0 Å². The van der Waals surface area contributed by atoms with E-state index in [1.807, 2.05) is 20.8 Å². The first-order chi connectivity index (χ1) is 9.81. The molecular formula is C16H33N3O2. The molecule has 1 amide bonds. The third-order valence-corrected chi connectivity index (χ3v) is 4.05. The minimum absolute atomic E-state index is 0.340. The quantitative estimate of drug-likeness (QED) is 0.739. The van der Waals surface area contributed by atoms with Gasteiger partial charge in [-0.05, 0) is 66.1 Å². The highest BCUT2D eigenvalue weighted by Crippen LogP contribution is 2.20. The highest BCUT2D eigenvalue weighted by Gasteiger charge is 2.22. The van der Waals surface area contributed by atoms with Crippen molar-refractivity contribution in [1.29, 1.82) is 0 Å². The lowest BCUT2D eigenvalue weighted by Crippen LogP contribution is -2.44. The third kappa shape index (κ3) is 7.67. The summed E-state index contributed by atoms with van der Waals surface area (Å²) >= 11 is 0. The van der Waals surface area contributed by atoms with E-state index in [4.69, 9.17) is 4.74 Å². The Morgan fingerprint density at radius 2 is 1.90 bits per heavy atom. The Hall–Kier alpha value is -0.810. The second-order valence-electron chi connectivity index (χ2n) is 6.94. The van der Waals surface area contributed by atoms with Gasteiger partial charge < -0.3 is 20.3 Å². The van der Waals surface area contributed by atoms with Crippen molar-refractivity contribution in [3.63, 3.8) is 0 Å². The van der Waals surface area contributed by atoms with E-state index < -0.39 is 5.60 Å². The molecule has 1 fully saturated rings. The number of carbonyl (C=O) groups is 1. The summed E-state index contributed by atoms with van der Waals surface area (Å²) in [4.78, 5) is 14.0. The summed E-state index contributed by atoms with van der Waals surface area (Å²) in [7, 11) is 0. The molecule has 1 aliphatic heterocycles. The van der Waals surface area contributed by atoms with Crippen LogP contribution in [0.1, 0.15) is 47.5 Å². The summed E-state index contributed by atoms with van der Waals surface area (Å²) in [5.74, 6) is 0.745. The van der Waals surface area contributed by atoms with E-state index in [2.05, 4.69) is 29.4 Å². The zero-order chi connectivity index (χ0) is 15.9. The zero-order valence-electron chi connectivity index (χ0n) is 14.4. The predicted octanol–water partition coefficient (Wildman–Crippen LogP) is 2.22. The summed E-state index contributed by atoms with van der Waals surface area (Å²) in [5.41, 5.74) is -0.432. The van der Waals surface area contributed by atoms with Crippen molar-refractivity contribution >= 4 is 6.09 Å². The molecule has 0 bridgehead atoms. The summed E-state index contributed by atoms with van der Waals surface area (Å²) in [5, 5.41) is 6.30. The number of piperidine rings is 1. The molecule has 0 radical (unpaired) electrons. The van der Waals surface area contributed by atoms with Crippen LogP contribution in [-0.2, 0) is 4.74 Å². The Bertz CT molecular complexity index is 307. The van der Waals surface area contributed by atoms with E-state index in [-0.39, 0.29) is 6.09 Å². The lowest BCUT2D eigenvalue weighted by molar-refractivity contribution is 0.0527. The molecule has 0 aromatic carbocycles. The first-order valence-corrected chi connectivity index (χ1v) is 8.24. The minimum Gasteiger partial charge on any atom is -0.444 e. The Morgan fingerprint density at radius 1 is 1.29 bits per heavy atom. The zero-order valence-corrected chi connectivity index (χ0v) is 14.4. The molecule has 0 saturated carbocycles. The molecule has 0 aromatic heterocycles. The Labute approximate surface area is 129 Å². The molecule has 0 aliphatic carbocycles. The summed E-state index contributed by atoms with van der Waals surface area (Å²) in [6, 6.07) is 0.504. The topological polar surface area (TPSA) is 53.6 Å². The molecule has 1 aliphatic rings. The van der Waals surface area contributed by atoms with Crippen LogP contribution in [0.3, 0.4) is 0 Å². The minimum atomic E-state index is -0.432. The molecule has 21 heavy (non-hydrogen) atoms. The van der Waals surface area contributed by atoms with Gasteiger partial charge >= 0.3 is 6.09 Å². The van der Waals surface area contributed by atoms with Crippen LogP contribution in [0.15, 0.2) is 0 Å². The standard InChI is InChI=1S/C16H33N3O2/c1-6-19-11-7-14(8-12-19)13(2)17-9-10-18-15(20)21-16(3,4)5/h13-14,17H,6-12H2,1-5H3,(H,18,20). The first-order valence-electron chi connectivity index (χ1n) is 8.24. The Morgan fingerprint density at radius 3 is 2.43 bits per heavy atom. The number of carbonyl (C=O) groups excluding carboxylic acids is 1. The van der Waals surface area contributed by atoms with Gasteiger partial charge in [0.1, 0.15) is 5.60 Å². The van der Waals surface area contributed by atoms with E-state index in [1.54, 1.807) is 0 Å². The fourth-order valence-electron chi connectivity index (χ4n) is 2.71. The van der Waals surface area contributed by atoms with Crippen molar-refractivity contribution < 1.29 is 9.53 Å². The molecular weight excluding hydrogens is 266 g/mol. The maximum atomic E-state index is 11.5. The number of alkyl carbamates (subject to hydrolysis) is 1. The number of nitrogens with zero attached hydrogens (tertiary/aromatic N) is 1. The van der Waals surface area contributed by atoms with Gasteiger partial charge in [-0.25, -0.2) is 4.79 Å². The van der Waals surface area contributed by atoms with Crippen LogP contribution < -0.4 is 10.6 Å². The predicted molar refractivity (Wildman–Crippen MR) is 86.5 cm³/mol. The highest BCUT2D eigenvalue weighted by molar-refractivity contribution is 5.67. The van der Waals surface area contributed by atoms with Crippen LogP contribution in [0.4, 0.5) is 4.79 Å². The van der Waals surface area contributed by atoms with Gasteiger partial charge in [0.25, 0.3) is 0 Å². The summed E-state index contributed by atoms with van der Waals surface area (Å²) in [6.45, 7) is 15.1. The number of rotatable bonds is 6. The fraction of sp³-hybridized carbons (Fsp3) is 0.938. The van der Waals surface area contributed by atoms with Crippen molar-refractivity contribution in [3.05, 3.63) is 0 Å². The van der Waals surface area contributed by atoms with E-state index in [0.717, 1.165) is 19.0 Å². The summed E-state index contributed by atoms with van der Waals surface area (Å²) in [6.07, 6.45) is 2.19. The Balaban J connectivity index is 2.11. The number of likely N-dealkylation sites (tertiary alicyclic amines) is 1. The van der Waals surface area contributed by atoms with Gasteiger partial charge in [0, 0.05) is 19.1 Å². The van der Waals surface area contributed by atoms with Crippen LogP contribution in [0.5, 0.6) is 0 Å². The maximum Gasteiger partial charge on any atom is 0.407 e. The molecule has 1 atom stereocenters. The van der Waals surface area contributed by atoms with Gasteiger partial charge in [-0.3, -0.25) is 0 Å². The number of ether oxygens (including phenoxy) is 1. The third-order valence-electron chi connectivity index (χ3n) is 4.05. The van der Waals surface area contributed by atoms with Crippen LogP contribution in [0, 0.1) is 5.92 Å². The fourth-order valence-corrected chi connectivity index (χ4v) is 2.71. The smallest absolute Gasteiger partial charge is 0.407 e. The van der Waals surface area contributed by atoms with Gasteiger partial charge in [0.05, 0.1) is 0 Å². The molecule has 1 unspecified atom stereocenters. The highest BCUT2D eigenvalue weighted by atomic mass is 16.6. The van der Waals surface area contributed by atoms with E-state index >= 15 is 0 Å². The van der Waals surface area contributed by atoms with Gasteiger partial charge in [0.15, 0.2) is 0 Å². The number of hydrogen-bond acceptors (Lipinski definition) is 4. The molecule has 1 rings (SSSR count). The number of hydrogen-bond donors (Lipinski definition) is 2. The van der Waals surface area contributed by atoms with Crippen LogP contribution in [0.2, 0.25) is 0 Å². The SMILES string of the molecule is CCN1CCC(C(C)NCCNC(=O)OC(C)(C)C)CC1. The van der Waals surface area contributed by atoms with Gasteiger partial charge in [-0.2, -0.15) is 0 Å². The average Bonchev–Trinajstić information content (AvgIpc) is 2.41. The van der Waals surface area contributed by atoms with E-state index in [1.165, 1.54) is 25.9 Å². The van der Waals surface area contributed by atoms with Crippen molar-refractivity contribution in [3.8, 4) is 0 Å². The monoisotopic (exact) mass is 299 g/mol. The van der Waals surface area contributed by atoms with Crippen molar-refractivity contribution in [2.24, 2.45) is 5.92 Å². The normalized spacial score (nSPS) is 19.3. The molecule has 2 N–H and O–H groups in total. The van der Waals surface area contributed by atoms with Gasteiger partial charge in [-0.1, -0.05) is 6.92 Å². The maximum absolute atomic E-state index is 11.5. The largest absolute Gasteiger partial charge is 0.444 e. The van der Waals surface area contributed by atoms with E-state index in [9.17, 15) is 4.79 Å². The molecule has 0 spiro atoms. The van der Waals surface area contributed by atoms with Crippen LogP contribution >= 0.6 is 0 Å². The Kier molecular flexibility index (Phi) is 7.46. The first kappa shape index (κ1) is 18.2. The molecule has 1 saturated heterocycles. The second kappa shape index (κ2) is 8.59. The van der Waals surface area contributed by atoms with Crippen molar-refractivity contribution in [1.82, 2.24) is 15.5 Å². The van der Waals surface area contributed by atoms with Crippen molar-refractivity contribution in [2.75, 3.05) is 32.7 Å². The lowest BCUT2D eigenvalue weighted by atomic mass is 9.90. The molecule has 124 valence electrons. The van der Waals surface area contributed by atoms with Crippen LogP contribution in [0.25, 0.3) is 0 Å². The summed E-state index contributed by atoms with van der Waals surface area (Å²) < 4.78 is 5.20. The molecule has 1 heterocycles. The lowest BCUT2D eigenvalue weighted by Gasteiger charge is -2.34. The van der Waals surface area contributed by atoms with Crippen molar-refractivity contribution in [2.45, 2.75) is 59.1 Å². The van der Waals surface area contributed by atoms with E-state index in [0.29, 0.717) is 12.6 Å². The second-order valence-corrected chi connectivity index (χ2v) is 6.94. The molecule has 5 nitrogen and oxygen atoms in total. The number of nitrogens with one attached hydrogen (secondary N) is 2. The molecule has 5 heteroatoms. The van der Waals surface area contributed by atoms with Crippen LogP contribution in [-0.4, -0.2) is 55.4 Å². The average molecular weight is 299 g/mol. The number of amides is 1. The van der Waals surface area contributed by atoms with Gasteiger partial charge in [-0.15, -0.1) is 0 Å².